The second-order valence-electron chi connectivity index (χ2n) is 8.16. The van der Waals surface area contributed by atoms with E-state index in [9.17, 15) is 4.79 Å². The van der Waals surface area contributed by atoms with Gasteiger partial charge in [-0.3, -0.25) is 4.79 Å². The largest absolute Gasteiger partial charge is 0.490 e. The van der Waals surface area contributed by atoms with Gasteiger partial charge in [-0.2, -0.15) is 9.61 Å². The minimum absolute atomic E-state index is 0. The standard InChI is InChI=1S/C24H26N4O2.ClH/c1-16(2)30-20-12-5-4-9-17(20)18-10-8-11-19-23(18)24-25-21(29)15-22(28(24)26-19)27-13-6-3-7-14-27;/h4-5,8-12,15-16H,3,6-7,13-14H2,1-2H3,(H,25,29);1H. The second-order valence-corrected chi connectivity index (χ2v) is 8.16. The van der Waals surface area contributed by atoms with Gasteiger partial charge in [0.15, 0.2) is 0 Å². The first-order valence-corrected chi connectivity index (χ1v) is 10.7. The van der Waals surface area contributed by atoms with Crippen molar-refractivity contribution in [2.75, 3.05) is 18.0 Å². The van der Waals surface area contributed by atoms with Crippen LogP contribution in [0.1, 0.15) is 33.1 Å². The highest BCUT2D eigenvalue weighted by atomic mass is 35.5. The zero-order valence-corrected chi connectivity index (χ0v) is 18.6. The van der Waals surface area contributed by atoms with Crippen molar-refractivity contribution in [2.24, 2.45) is 0 Å². The Labute approximate surface area is 187 Å². The van der Waals surface area contributed by atoms with E-state index < -0.39 is 0 Å². The molecule has 1 aliphatic rings. The Kier molecular flexibility index (Phi) is 5.92. The first kappa shape index (κ1) is 21.2. The molecule has 1 aliphatic heterocycles. The van der Waals surface area contributed by atoms with E-state index >= 15 is 0 Å². The fourth-order valence-electron chi connectivity index (χ4n) is 4.37. The summed E-state index contributed by atoms with van der Waals surface area (Å²) in [6.45, 7) is 5.95. The molecule has 5 rings (SSSR count). The molecule has 1 fully saturated rings. The minimum atomic E-state index is -0.105. The fourth-order valence-corrected chi connectivity index (χ4v) is 4.37. The Hall–Kier alpha value is -2.99. The van der Waals surface area contributed by atoms with E-state index in [1.54, 1.807) is 6.07 Å². The van der Waals surface area contributed by atoms with E-state index in [2.05, 4.69) is 22.0 Å². The van der Waals surface area contributed by atoms with Crippen molar-refractivity contribution in [1.82, 2.24) is 14.6 Å². The van der Waals surface area contributed by atoms with E-state index in [-0.39, 0.29) is 24.1 Å². The molecule has 3 heterocycles. The number of anilines is 1. The molecule has 6 nitrogen and oxygen atoms in total. The van der Waals surface area contributed by atoms with Gasteiger partial charge in [0, 0.05) is 24.7 Å². The van der Waals surface area contributed by atoms with Gasteiger partial charge in [-0.1, -0.05) is 30.3 Å². The third-order valence-electron chi connectivity index (χ3n) is 5.64. The zero-order valence-electron chi connectivity index (χ0n) is 17.8. The van der Waals surface area contributed by atoms with Crippen LogP contribution in [0.5, 0.6) is 5.75 Å². The minimum Gasteiger partial charge on any atom is -0.490 e. The Morgan fingerprint density at radius 2 is 1.74 bits per heavy atom. The van der Waals surface area contributed by atoms with Gasteiger partial charge in [-0.15, -0.1) is 12.4 Å². The topological polar surface area (TPSA) is 62.6 Å². The highest BCUT2D eigenvalue weighted by molar-refractivity contribution is 6.05. The molecule has 0 aliphatic carbocycles. The summed E-state index contributed by atoms with van der Waals surface area (Å²) in [7, 11) is 0. The quantitative estimate of drug-likeness (QED) is 0.484. The predicted octanol–water partition coefficient (Wildman–Crippen LogP) is 5.04. The number of aromatic nitrogens is 3. The molecule has 7 heteroatoms. The molecular weight excluding hydrogens is 412 g/mol. The average molecular weight is 439 g/mol. The van der Waals surface area contributed by atoms with Crippen LogP contribution < -0.4 is 15.2 Å². The number of aromatic amines is 1. The van der Waals surface area contributed by atoms with Crippen molar-refractivity contribution in [3.8, 4) is 16.9 Å². The maximum Gasteiger partial charge on any atom is 0.253 e. The maximum atomic E-state index is 12.6. The summed E-state index contributed by atoms with van der Waals surface area (Å²) < 4.78 is 7.97. The van der Waals surface area contributed by atoms with Gasteiger partial charge in [0.2, 0.25) is 0 Å². The Morgan fingerprint density at radius 1 is 1.00 bits per heavy atom. The highest BCUT2D eigenvalue weighted by Crippen LogP contribution is 2.37. The second kappa shape index (κ2) is 8.63. The van der Waals surface area contributed by atoms with Crippen molar-refractivity contribution in [2.45, 2.75) is 39.2 Å². The van der Waals surface area contributed by atoms with Crippen molar-refractivity contribution >= 4 is 34.8 Å². The number of fused-ring (bicyclic) bond motifs is 3. The molecule has 31 heavy (non-hydrogen) atoms. The van der Waals surface area contributed by atoms with Gasteiger partial charge in [-0.25, -0.2) is 0 Å². The molecular formula is C24H27ClN4O2. The number of nitrogens with zero attached hydrogens (tertiary/aromatic N) is 3. The molecule has 0 bridgehead atoms. The summed E-state index contributed by atoms with van der Waals surface area (Å²) in [6, 6.07) is 15.8. The molecule has 0 amide bonds. The van der Waals surface area contributed by atoms with Crippen molar-refractivity contribution in [1.29, 1.82) is 0 Å². The summed E-state index contributed by atoms with van der Waals surface area (Å²) in [5.41, 5.74) is 3.48. The molecule has 2 aromatic carbocycles. The van der Waals surface area contributed by atoms with Crippen LogP contribution >= 0.6 is 12.4 Å². The number of nitrogens with one attached hydrogen (secondary N) is 1. The first-order valence-electron chi connectivity index (χ1n) is 10.7. The van der Waals surface area contributed by atoms with Crippen LogP contribution in [0.25, 0.3) is 27.7 Å². The van der Waals surface area contributed by atoms with Crippen LogP contribution in [0.4, 0.5) is 5.82 Å². The number of hydrogen-bond donors (Lipinski definition) is 1. The Balaban J connectivity index is 0.00000231. The number of H-pyrrole nitrogens is 1. The number of ether oxygens (including phenoxy) is 1. The lowest BCUT2D eigenvalue weighted by Crippen LogP contribution is -2.32. The van der Waals surface area contributed by atoms with Crippen LogP contribution in [-0.2, 0) is 0 Å². The lowest BCUT2D eigenvalue weighted by atomic mass is 10.0. The zero-order chi connectivity index (χ0) is 20.7. The summed E-state index contributed by atoms with van der Waals surface area (Å²) in [6.07, 6.45) is 3.58. The van der Waals surface area contributed by atoms with Crippen LogP contribution in [0.15, 0.2) is 53.3 Å². The Morgan fingerprint density at radius 3 is 2.52 bits per heavy atom. The van der Waals surface area contributed by atoms with Crippen molar-refractivity contribution in [3.63, 3.8) is 0 Å². The summed E-state index contributed by atoms with van der Waals surface area (Å²) in [4.78, 5) is 17.9. The van der Waals surface area contributed by atoms with Gasteiger partial charge in [0.25, 0.3) is 5.56 Å². The molecule has 0 unspecified atom stereocenters. The number of hydrogen-bond acceptors (Lipinski definition) is 4. The number of benzene rings is 2. The predicted molar refractivity (Wildman–Crippen MR) is 128 cm³/mol. The SMILES string of the molecule is CC(C)Oc1ccccc1-c1cccc2nn3c(N4CCCCC4)cc(=O)[nH]c3c12.Cl. The number of para-hydroxylation sites is 1. The van der Waals surface area contributed by atoms with E-state index in [0.29, 0.717) is 0 Å². The molecule has 4 aromatic rings. The summed E-state index contributed by atoms with van der Waals surface area (Å²) in [5, 5.41) is 5.81. The lowest BCUT2D eigenvalue weighted by Gasteiger charge is -2.28. The van der Waals surface area contributed by atoms with Gasteiger partial charge in [0.05, 0.1) is 17.0 Å². The number of rotatable bonds is 4. The van der Waals surface area contributed by atoms with Crippen LogP contribution in [0.2, 0.25) is 0 Å². The normalized spacial score (nSPS) is 14.2. The average Bonchev–Trinajstić information content (AvgIpc) is 3.12. The Bertz CT molecular complexity index is 1270. The summed E-state index contributed by atoms with van der Waals surface area (Å²) >= 11 is 0. The molecule has 0 spiro atoms. The van der Waals surface area contributed by atoms with Gasteiger partial charge in [-0.05, 0) is 50.8 Å². The molecule has 0 atom stereocenters. The third kappa shape index (κ3) is 3.88. The molecule has 2 aromatic heterocycles. The highest BCUT2D eigenvalue weighted by Gasteiger charge is 2.20. The molecule has 0 radical (unpaired) electrons. The molecule has 1 N–H and O–H groups in total. The molecule has 162 valence electrons. The summed E-state index contributed by atoms with van der Waals surface area (Å²) in [5.74, 6) is 1.69. The number of halogens is 1. The van der Waals surface area contributed by atoms with Crippen molar-refractivity contribution < 1.29 is 4.74 Å². The van der Waals surface area contributed by atoms with Crippen molar-refractivity contribution in [3.05, 3.63) is 58.9 Å². The maximum absolute atomic E-state index is 12.6. The van der Waals surface area contributed by atoms with E-state index in [0.717, 1.165) is 65.2 Å². The van der Waals surface area contributed by atoms with Gasteiger partial charge < -0.3 is 14.6 Å². The van der Waals surface area contributed by atoms with Crippen LogP contribution in [0, 0.1) is 0 Å². The monoisotopic (exact) mass is 438 g/mol. The van der Waals surface area contributed by atoms with E-state index in [1.807, 2.05) is 48.7 Å². The lowest BCUT2D eigenvalue weighted by molar-refractivity contribution is 0.243. The van der Waals surface area contributed by atoms with E-state index in [1.165, 1.54) is 6.42 Å². The van der Waals surface area contributed by atoms with Gasteiger partial charge >= 0.3 is 0 Å². The molecule has 1 saturated heterocycles. The molecule has 0 saturated carbocycles. The third-order valence-corrected chi connectivity index (χ3v) is 5.64. The first-order chi connectivity index (χ1) is 14.6. The smallest absolute Gasteiger partial charge is 0.253 e. The number of piperidine rings is 1. The van der Waals surface area contributed by atoms with Crippen LogP contribution in [0.3, 0.4) is 0 Å². The van der Waals surface area contributed by atoms with Gasteiger partial charge in [0.1, 0.15) is 17.2 Å². The van der Waals surface area contributed by atoms with Crippen LogP contribution in [-0.4, -0.2) is 33.8 Å². The van der Waals surface area contributed by atoms with E-state index in [4.69, 9.17) is 9.84 Å². The fraction of sp³-hybridized carbons (Fsp3) is 0.333.